The minimum atomic E-state index is -0.584. The predicted molar refractivity (Wildman–Crippen MR) is 56.0 cm³/mol. The number of benzene rings is 1. The molecular formula is C10H12BrFO2. The lowest BCUT2D eigenvalue weighted by atomic mass is 10.1. The van der Waals surface area contributed by atoms with Crippen molar-refractivity contribution in [2.75, 3.05) is 7.11 Å². The molecule has 0 radical (unpaired) electrons. The van der Waals surface area contributed by atoms with E-state index in [0.717, 1.165) is 0 Å². The van der Waals surface area contributed by atoms with Gasteiger partial charge in [0.2, 0.25) is 0 Å². The van der Waals surface area contributed by atoms with Gasteiger partial charge < -0.3 is 9.84 Å². The van der Waals surface area contributed by atoms with Crippen LogP contribution in [0.2, 0.25) is 0 Å². The topological polar surface area (TPSA) is 29.5 Å². The fourth-order valence-corrected chi connectivity index (χ4v) is 1.66. The van der Waals surface area contributed by atoms with Crippen LogP contribution in [-0.2, 0) is 6.42 Å². The summed E-state index contributed by atoms with van der Waals surface area (Å²) in [6, 6.07) is 3.04. The molecule has 1 aromatic rings. The van der Waals surface area contributed by atoms with Crippen LogP contribution < -0.4 is 4.74 Å². The van der Waals surface area contributed by atoms with Gasteiger partial charge in [0.1, 0.15) is 11.6 Å². The zero-order valence-corrected chi connectivity index (χ0v) is 9.64. The van der Waals surface area contributed by atoms with Crippen molar-refractivity contribution < 1.29 is 14.2 Å². The smallest absolute Gasteiger partial charge is 0.131 e. The van der Waals surface area contributed by atoms with Gasteiger partial charge in [0.05, 0.1) is 13.2 Å². The number of halogens is 2. The van der Waals surface area contributed by atoms with Gasteiger partial charge in [0, 0.05) is 16.5 Å². The number of aliphatic hydroxyl groups excluding tert-OH is 1. The molecule has 0 saturated heterocycles. The number of rotatable bonds is 3. The maximum Gasteiger partial charge on any atom is 0.131 e. The number of hydrogen-bond donors (Lipinski definition) is 1. The highest BCUT2D eigenvalue weighted by molar-refractivity contribution is 9.10. The largest absolute Gasteiger partial charge is 0.496 e. The van der Waals surface area contributed by atoms with Crippen molar-refractivity contribution in [1.82, 2.24) is 0 Å². The second kappa shape index (κ2) is 4.75. The molecule has 0 amide bonds. The van der Waals surface area contributed by atoms with E-state index < -0.39 is 6.10 Å². The maximum absolute atomic E-state index is 13.4. The summed E-state index contributed by atoms with van der Waals surface area (Å²) in [7, 11) is 1.48. The predicted octanol–water partition coefficient (Wildman–Crippen LogP) is 2.52. The number of hydrogen-bond acceptors (Lipinski definition) is 2. The zero-order valence-electron chi connectivity index (χ0n) is 8.05. The molecule has 1 aromatic carbocycles. The van der Waals surface area contributed by atoms with E-state index in [1.165, 1.54) is 13.2 Å². The molecule has 1 unspecified atom stereocenters. The van der Waals surface area contributed by atoms with E-state index in [0.29, 0.717) is 15.8 Å². The molecule has 0 bridgehead atoms. The Bertz CT molecular complexity index is 326. The molecule has 0 aliphatic carbocycles. The van der Waals surface area contributed by atoms with Gasteiger partial charge >= 0.3 is 0 Å². The van der Waals surface area contributed by atoms with Crippen LogP contribution in [0.3, 0.4) is 0 Å². The molecule has 2 nitrogen and oxygen atoms in total. The fraction of sp³-hybridized carbons (Fsp3) is 0.400. The van der Waals surface area contributed by atoms with Crippen molar-refractivity contribution in [2.24, 2.45) is 0 Å². The summed E-state index contributed by atoms with van der Waals surface area (Å²) in [5.74, 6) is 0.0925. The summed E-state index contributed by atoms with van der Waals surface area (Å²) in [6.45, 7) is 1.61. The normalized spacial score (nSPS) is 12.6. The quantitative estimate of drug-likeness (QED) is 0.907. The van der Waals surface area contributed by atoms with Crippen LogP contribution in [0.25, 0.3) is 0 Å². The molecule has 0 saturated carbocycles. The molecule has 1 N–H and O–H groups in total. The Labute approximate surface area is 90.8 Å². The standard InChI is InChI=1S/C10H12BrFO2/c1-6(13)3-8-9(12)4-7(11)5-10(8)14-2/h4-6,13H,3H2,1-2H3. The Morgan fingerprint density at radius 1 is 1.57 bits per heavy atom. The molecule has 1 rings (SSSR count). The van der Waals surface area contributed by atoms with E-state index in [2.05, 4.69) is 15.9 Å². The van der Waals surface area contributed by atoms with Gasteiger partial charge in [-0.3, -0.25) is 0 Å². The van der Waals surface area contributed by atoms with E-state index in [4.69, 9.17) is 4.74 Å². The molecule has 4 heteroatoms. The third-order valence-electron chi connectivity index (χ3n) is 1.84. The molecule has 1 atom stereocenters. The van der Waals surface area contributed by atoms with Crippen molar-refractivity contribution in [3.05, 3.63) is 28.0 Å². The highest BCUT2D eigenvalue weighted by atomic mass is 79.9. The molecule has 0 aliphatic heterocycles. The number of methoxy groups -OCH3 is 1. The first-order valence-electron chi connectivity index (χ1n) is 4.24. The molecule has 14 heavy (non-hydrogen) atoms. The summed E-state index contributed by atoms with van der Waals surface area (Å²) < 4.78 is 19.1. The van der Waals surface area contributed by atoms with E-state index in [1.54, 1.807) is 13.0 Å². The van der Waals surface area contributed by atoms with Crippen LogP contribution in [0.5, 0.6) is 5.75 Å². The average Bonchev–Trinajstić information content (AvgIpc) is 2.08. The van der Waals surface area contributed by atoms with Crippen LogP contribution in [0.1, 0.15) is 12.5 Å². The molecule has 0 spiro atoms. The molecule has 0 aromatic heterocycles. The summed E-state index contributed by atoms with van der Waals surface area (Å²) in [5, 5.41) is 9.19. The molecule has 0 aliphatic rings. The summed E-state index contributed by atoms with van der Waals surface area (Å²) >= 11 is 3.17. The third-order valence-corrected chi connectivity index (χ3v) is 2.30. The Kier molecular flexibility index (Phi) is 3.89. The van der Waals surface area contributed by atoms with Gasteiger partial charge in [-0.15, -0.1) is 0 Å². The molecule has 0 heterocycles. The number of aliphatic hydroxyl groups is 1. The maximum atomic E-state index is 13.4. The van der Waals surface area contributed by atoms with Gasteiger partial charge in [0.25, 0.3) is 0 Å². The fourth-order valence-electron chi connectivity index (χ4n) is 1.26. The minimum absolute atomic E-state index is 0.252. The third kappa shape index (κ3) is 2.69. The lowest BCUT2D eigenvalue weighted by Gasteiger charge is -2.11. The Morgan fingerprint density at radius 3 is 2.71 bits per heavy atom. The lowest BCUT2D eigenvalue weighted by Crippen LogP contribution is -2.07. The van der Waals surface area contributed by atoms with Crippen LogP contribution >= 0.6 is 15.9 Å². The van der Waals surface area contributed by atoms with Gasteiger partial charge in [-0.05, 0) is 19.1 Å². The molecular weight excluding hydrogens is 251 g/mol. The Morgan fingerprint density at radius 2 is 2.21 bits per heavy atom. The molecule has 0 fully saturated rings. The van der Waals surface area contributed by atoms with Gasteiger partial charge in [-0.25, -0.2) is 4.39 Å². The van der Waals surface area contributed by atoms with Crippen molar-refractivity contribution in [1.29, 1.82) is 0 Å². The molecule has 78 valence electrons. The van der Waals surface area contributed by atoms with Crippen molar-refractivity contribution in [2.45, 2.75) is 19.4 Å². The van der Waals surface area contributed by atoms with Gasteiger partial charge in [-0.1, -0.05) is 15.9 Å². The van der Waals surface area contributed by atoms with Gasteiger partial charge in [0.15, 0.2) is 0 Å². The van der Waals surface area contributed by atoms with Crippen LogP contribution in [0.15, 0.2) is 16.6 Å². The first-order valence-corrected chi connectivity index (χ1v) is 5.04. The van der Waals surface area contributed by atoms with Crippen LogP contribution in [0, 0.1) is 5.82 Å². The van der Waals surface area contributed by atoms with Crippen molar-refractivity contribution in [3.63, 3.8) is 0 Å². The first-order chi connectivity index (χ1) is 6.54. The monoisotopic (exact) mass is 262 g/mol. The first kappa shape index (κ1) is 11.5. The van der Waals surface area contributed by atoms with Crippen LogP contribution in [-0.4, -0.2) is 18.3 Å². The second-order valence-electron chi connectivity index (χ2n) is 3.12. The second-order valence-corrected chi connectivity index (χ2v) is 4.04. The minimum Gasteiger partial charge on any atom is -0.496 e. The SMILES string of the molecule is COc1cc(Br)cc(F)c1CC(C)O. The van der Waals surface area contributed by atoms with E-state index in [9.17, 15) is 9.50 Å². The summed E-state index contributed by atoms with van der Waals surface area (Å²) in [5.41, 5.74) is 0.408. The van der Waals surface area contributed by atoms with Crippen LogP contribution in [0.4, 0.5) is 4.39 Å². The highest BCUT2D eigenvalue weighted by Gasteiger charge is 2.12. The summed E-state index contributed by atoms with van der Waals surface area (Å²) in [6.07, 6.45) is -0.331. The average molecular weight is 263 g/mol. The van der Waals surface area contributed by atoms with Gasteiger partial charge in [-0.2, -0.15) is 0 Å². The highest BCUT2D eigenvalue weighted by Crippen LogP contribution is 2.27. The lowest BCUT2D eigenvalue weighted by molar-refractivity contribution is 0.192. The Hall–Kier alpha value is -0.610. The number of ether oxygens (including phenoxy) is 1. The van der Waals surface area contributed by atoms with E-state index in [1.807, 2.05) is 0 Å². The van der Waals surface area contributed by atoms with Crippen molar-refractivity contribution in [3.8, 4) is 5.75 Å². The van der Waals surface area contributed by atoms with Crippen molar-refractivity contribution >= 4 is 15.9 Å². The van der Waals surface area contributed by atoms with E-state index >= 15 is 0 Å². The summed E-state index contributed by atoms with van der Waals surface area (Å²) in [4.78, 5) is 0. The Balaban J connectivity index is 3.11. The van der Waals surface area contributed by atoms with E-state index in [-0.39, 0.29) is 12.2 Å². The zero-order chi connectivity index (χ0) is 10.7.